The van der Waals surface area contributed by atoms with E-state index in [0.717, 1.165) is 0 Å². The highest BCUT2D eigenvalue weighted by Gasteiger charge is 2.33. The molecule has 4 nitrogen and oxygen atoms in total. The lowest BCUT2D eigenvalue weighted by Gasteiger charge is -2.19. The number of halogens is 6. The Morgan fingerprint density at radius 1 is 1.29 bits per heavy atom. The van der Waals surface area contributed by atoms with Gasteiger partial charge in [-0.25, -0.2) is 17.2 Å². The van der Waals surface area contributed by atoms with Crippen LogP contribution in [0.1, 0.15) is 10.4 Å². The van der Waals surface area contributed by atoms with Gasteiger partial charge < -0.3 is 4.90 Å². The van der Waals surface area contributed by atoms with E-state index < -0.39 is 49.8 Å². The molecular weight excluding hydrogens is 345 g/mol. The molecule has 0 aliphatic rings. The average Bonchev–Trinajstić information content (AvgIpc) is 2.27. The summed E-state index contributed by atoms with van der Waals surface area (Å²) < 4.78 is 85.3. The smallest absolute Gasteiger partial charge is 0.333 e. The van der Waals surface area contributed by atoms with Crippen LogP contribution in [0.3, 0.4) is 0 Å². The standard InChI is InChI=1S/C10H7ClF5NO3S/c1-17(4-10(14,15)16)9(18)6-2-5(21(11,19)20)3-7(12)8(6)13/h2-3H,4H2,1H3. The monoisotopic (exact) mass is 351 g/mol. The highest BCUT2D eigenvalue weighted by Crippen LogP contribution is 2.24. The number of alkyl halides is 3. The molecule has 0 fully saturated rings. The Morgan fingerprint density at radius 2 is 1.81 bits per heavy atom. The normalized spacial score (nSPS) is 12.3. The van der Waals surface area contributed by atoms with Crippen molar-refractivity contribution >= 4 is 25.6 Å². The number of rotatable bonds is 3. The van der Waals surface area contributed by atoms with E-state index in [1.165, 1.54) is 0 Å². The summed E-state index contributed by atoms with van der Waals surface area (Å²) in [6, 6.07) is 0.591. The summed E-state index contributed by atoms with van der Waals surface area (Å²) in [5, 5.41) is 0. The minimum absolute atomic E-state index is 0.0719. The number of amides is 1. The maximum atomic E-state index is 13.5. The summed E-state index contributed by atoms with van der Waals surface area (Å²) in [5.41, 5.74) is -1.17. The minimum Gasteiger partial charge on any atom is -0.333 e. The van der Waals surface area contributed by atoms with Gasteiger partial charge in [-0.15, -0.1) is 0 Å². The van der Waals surface area contributed by atoms with E-state index in [0.29, 0.717) is 13.1 Å². The number of benzene rings is 1. The molecule has 1 aromatic carbocycles. The van der Waals surface area contributed by atoms with Crippen LogP contribution < -0.4 is 0 Å². The Hall–Kier alpha value is -1.42. The van der Waals surface area contributed by atoms with Crippen molar-refractivity contribution in [1.82, 2.24) is 4.90 Å². The van der Waals surface area contributed by atoms with E-state index >= 15 is 0 Å². The summed E-state index contributed by atoms with van der Waals surface area (Å²) in [6.45, 7) is -1.72. The summed E-state index contributed by atoms with van der Waals surface area (Å²) >= 11 is 0. The fraction of sp³-hybridized carbons (Fsp3) is 0.300. The molecule has 0 N–H and O–H groups in total. The number of hydrogen-bond acceptors (Lipinski definition) is 3. The lowest BCUT2D eigenvalue weighted by molar-refractivity contribution is -0.138. The molecule has 0 saturated carbocycles. The maximum Gasteiger partial charge on any atom is 0.406 e. The van der Waals surface area contributed by atoms with Crippen LogP contribution in [0.4, 0.5) is 22.0 Å². The molecule has 118 valence electrons. The van der Waals surface area contributed by atoms with Crippen molar-refractivity contribution in [2.24, 2.45) is 0 Å². The third-order valence-electron chi connectivity index (χ3n) is 2.28. The Morgan fingerprint density at radius 3 is 2.24 bits per heavy atom. The van der Waals surface area contributed by atoms with Gasteiger partial charge in [0.05, 0.1) is 10.5 Å². The highest BCUT2D eigenvalue weighted by molar-refractivity contribution is 8.13. The van der Waals surface area contributed by atoms with Crippen molar-refractivity contribution < 1.29 is 35.2 Å². The van der Waals surface area contributed by atoms with Gasteiger partial charge in [-0.3, -0.25) is 4.79 Å². The van der Waals surface area contributed by atoms with Crippen LogP contribution in [0.15, 0.2) is 17.0 Å². The summed E-state index contributed by atoms with van der Waals surface area (Å²) in [7, 11) is 1.14. The van der Waals surface area contributed by atoms with E-state index in [2.05, 4.69) is 0 Å². The fourth-order valence-corrected chi connectivity index (χ4v) is 2.18. The van der Waals surface area contributed by atoms with Crippen molar-refractivity contribution in [3.8, 4) is 0 Å². The van der Waals surface area contributed by atoms with Crippen molar-refractivity contribution in [2.75, 3.05) is 13.6 Å². The molecule has 0 aliphatic carbocycles. The largest absolute Gasteiger partial charge is 0.406 e. The molecule has 0 unspecified atom stereocenters. The Bertz CT molecular complexity index is 674. The van der Waals surface area contributed by atoms with E-state index in [4.69, 9.17) is 10.7 Å². The SMILES string of the molecule is CN(CC(F)(F)F)C(=O)c1cc(S(=O)(=O)Cl)cc(F)c1F. The Kier molecular flexibility index (Phi) is 4.83. The van der Waals surface area contributed by atoms with Crippen LogP contribution in [0.5, 0.6) is 0 Å². The van der Waals surface area contributed by atoms with Crippen LogP contribution in [-0.2, 0) is 9.05 Å². The molecule has 0 saturated heterocycles. The van der Waals surface area contributed by atoms with Crippen molar-refractivity contribution in [1.29, 1.82) is 0 Å². The topological polar surface area (TPSA) is 54.5 Å². The quantitative estimate of drug-likeness (QED) is 0.621. The molecule has 1 rings (SSSR count). The molecule has 0 radical (unpaired) electrons. The van der Waals surface area contributed by atoms with E-state index in [1.54, 1.807) is 0 Å². The van der Waals surface area contributed by atoms with Crippen LogP contribution in [-0.4, -0.2) is 39.0 Å². The first-order valence-corrected chi connectivity index (χ1v) is 7.40. The second-order valence-electron chi connectivity index (χ2n) is 3.98. The third kappa shape index (κ3) is 4.53. The van der Waals surface area contributed by atoms with E-state index in [-0.39, 0.29) is 11.0 Å². The Balaban J connectivity index is 3.30. The van der Waals surface area contributed by atoms with Crippen LogP contribution >= 0.6 is 10.7 Å². The predicted molar refractivity (Wildman–Crippen MR) is 62.4 cm³/mol. The van der Waals surface area contributed by atoms with Gasteiger partial charge in [-0.05, 0) is 12.1 Å². The predicted octanol–water partition coefficient (Wildman–Crippen LogP) is 2.53. The Labute approximate surface area is 120 Å². The van der Waals surface area contributed by atoms with Gasteiger partial charge in [0, 0.05) is 17.7 Å². The van der Waals surface area contributed by atoms with E-state index in [1.807, 2.05) is 0 Å². The number of nitrogens with zero attached hydrogens (tertiary/aromatic N) is 1. The molecule has 11 heteroatoms. The molecule has 0 bridgehead atoms. The first kappa shape index (κ1) is 17.6. The van der Waals surface area contributed by atoms with Crippen LogP contribution in [0.25, 0.3) is 0 Å². The second kappa shape index (κ2) is 5.76. The van der Waals surface area contributed by atoms with Crippen LogP contribution in [0.2, 0.25) is 0 Å². The van der Waals surface area contributed by atoms with E-state index in [9.17, 15) is 35.2 Å². The van der Waals surface area contributed by atoms with Gasteiger partial charge in [-0.2, -0.15) is 13.2 Å². The molecule has 1 amide bonds. The highest BCUT2D eigenvalue weighted by atomic mass is 35.7. The zero-order valence-corrected chi connectivity index (χ0v) is 11.8. The zero-order chi connectivity index (χ0) is 16.6. The second-order valence-corrected chi connectivity index (χ2v) is 6.55. The van der Waals surface area contributed by atoms with Crippen molar-refractivity contribution in [3.63, 3.8) is 0 Å². The lowest BCUT2D eigenvalue weighted by atomic mass is 10.2. The average molecular weight is 352 g/mol. The van der Waals surface area contributed by atoms with Gasteiger partial charge in [0.15, 0.2) is 11.6 Å². The zero-order valence-electron chi connectivity index (χ0n) is 10.2. The summed E-state index contributed by atoms with van der Waals surface area (Å²) in [6.07, 6.45) is -4.75. The molecule has 0 heterocycles. The molecule has 21 heavy (non-hydrogen) atoms. The van der Waals surface area contributed by atoms with Crippen LogP contribution in [0, 0.1) is 11.6 Å². The minimum atomic E-state index is -4.75. The maximum absolute atomic E-state index is 13.5. The molecule has 0 atom stereocenters. The summed E-state index contributed by atoms with van der Waals surface area (Å²) in [5.74, 6) is -5.02. The van der Waals surface area contributed by atoms with Gasteiger partial charge >= 0.3 is 6.18 Å². The molecule has 0 aliphatic heterocycles. The number of carbonyl (C=O) groups excluding carboxylic acids is 1. The third-order valence-corrected chi connectivity index (χ3v) is 3.61. The fourth-order valence-electron chi connectivity index (χ4n) is 1.41. The molecular formula is C10H7ClF5NO3S. The van der Waals surface area contributed by atoms with Gasteiger partial charge in [-0.1, -0.05) is 0 Å². The van der Waals surface area contributed by atoms with Gasteiger partial charge in [0.2, 0.25) is 0 Å². The van der Waals surface area contributed by atoms with Crippen molar-refractivity contribution in [2.45, 2.75) is 11.1 Å². The van der Waals surface area contributed by atoms with Gasteiger partial charge in [0.1, 0.15) is 6.54 Å². The number of hydrogen-bond donors (Lipinski definition) is 0. The number of carbonyl (C=O) groups is 1. The van der Waals surface area contributed by atoms with Crippen molar-refractivity contribution in [3.05, 3.63) is 29.3 Å². The molecule has 1 aromatic rings. The molecule has 0 aromatic heterocycles. The summed E-state index contributed by atoms with van der Waals surface area (Å²) in [4.78, 5) is 10.8. The molecule has 0 spiro atoms. The first-order chi connectivity index (χ1) is 9.33. The van der Waals surface area contributed by atoms with Gasteiger partial charge in [0.25, 0.3) is 15.0 Å². The lowest BCUT2D eigenvalue weighted by Crippen LogP contribution is -2.36. The first-order valence-electron chi connectivity index (χ1n) is 5.09.